The minimum atomic E-state index is -0.621. The second-order valence-electron chi connectivity index (χ2n) is 7.08. The Bertz CT molecular complexity index is 1270. The molecule has 4 rings (SSSR count). The Hall–Kier alpha value is -3.78. The summed E-state index contributed by atoms with van der Waals surface area (Å²) in [6, 6.07) is 19.7. The maximum absolute atomic E-state index is 12.3. The predicted molar refractivity (Wildman–Crippen MR) is 123 cm³/mol. The molecular formula is C24H17BrN2O5. The zero-order valence-electron chi connectivity index (χ0n) is 16.9. The number of esters is 1. The maximum Gasteiger partial charge on any atom is 0.363 e. The van der Waals surface area contributed by atoms with Crippen LogP contribution in [0.2, 0.25) is 0 Å². The molecule has 0 atom stereocenters. The minimum Gasteiger partial charge on any atom is -0.489 e. The number of nitrogens with zero attached hydrogens (tertiary/aromatic N) is 2. The molecule has 1 aliphatic heterocycles. The van der Waals surface area contributed by atoms with E-state index in [9.17, 15) is 14.9 Å². The molecule has 1 aliphatic rings. The molecule has 7 nitrogen and oxygen atoms in total. The fraction of sp³-hybridized carbons (Fsp3) is 0.0833. The number of aryl methyl sites for hydroxylation is 1. The number of benzene rings is 3. The SMILES string of the molecule is Cc1ccc(C2=N/C(=C\c3cccc(OCc4ccc(Br)cc4)c3)C(=O)O2)cc1[N+](=O)[O-]. The summed E-state index contributed by atoms with van der Waals surface area (Å²) in [4.78, 5) is 27.2. The molecule has 0 saturated heterocycles. The van der Waals surface area contributed by atoms with Crippen LogP contribution >= 0.6 is 15.9 Å². The topological polar surface area (TPSA) is 91.0 Å². The Morgan fingerprint density at radius 2 is 1.91 bits per heavy atom. The normalized spacial score (nSPS) is 14.2. The third kappa shape index (κ3) is 4.92. The van der Waals surface area contributed by atoms with Gasteiger partial charge in [-0.15, -0.1) is 0 Å². The molecule has 0 bridgehead atoms. The van der Waals surface area contributed by atoms with Gasteiger partial charge in [-0.3, -0.25) is 10.1 Å². The molecule has 3 aromatic carbocycles. The van der Waals surface area contributed by atoms with Crippen molar-refractivity contribution in [1.82, 2.24) is 0 Å². The van der Waals surface area contributed by atoms with E-state index in [1.54, 1.807) is 31.2 Å². The molecular weight excluding hydrogens is 476 g/mol. The van der Waals surface area contributed by atoms with Crippen LogP contribution in [0.3, 0.4) is 0 Å². The summed E-state index contributed by atoms with van der Waals surface area (Å²) in [5.41, 5.74) is 2.66. The summed E-state index contributed by atoms with van der Waals surface area (Å²) in [6.07, 6.45) is 1.59. The van der Waals surface area contributed by atoms with Gasteiger partial charge in [-0.25, -0.2) is 9.79 Å². The summed E-state index contributed by atoms with van der Waals surface area (Å²) in [7, 11) is 0. The Kier molecular flexibility index (Phi) is 6.13. The first-order valence-corrected chi connectivity index (χ1v) is 10.4. The van der Waals surface area contributed by atoms with Gasteiger partial charge in [-0.1, -0.05) is 46.3 Å². The number of cyclic esters (lactones) is 1. The van der Waals surface area contributed by atoms with E-state index in [-0.39, 0.29) is 17.3 Å². The average molecular weight is 493 g/mol. The first kappa shape index (κ1) is 21.5. The monoisotopic (exact) mass is 492 g/mol. The third-order valence-corrected chi connectivity index (χ3v) is 5.28. The van der Waals surface area contributed by atoms with Crippen molar-refractivity contribution in [3.63, 3.8) is 0 Å². The van der Waals surface area contributed by atoms with Gasteiger partial charge in [0.1, 0.15) is 12.4 Å². The number of carbonyl (C=O) groups is 1. The van der Waals surface area contributed by atoms with E-state index < -0.39 is 10.9 Å². The van der Waals surface area contributed by atoms with Crippen LogP contribution in [-0.4, -0.2) is 16.8 Å². The van der Waals surface area contributed by atoms with Crippen LogP contribution in [0.1, 0.15) is 22.3 Å². The summed E-state index contributed by atoms with van der Waals surface area (Å²) in [5.74, 6) is 0.0587. The molecule has 32 heavy (non-hydrogen) atoms. The van der Waals surface area contributed by atoms with Crippen LogP contribution < -0.4 is 4.74 Å². The first-order valence-electron chi connectivity index (χ1n) is 9.64. The maximum atomic E-state index is 12.3. The second kappa shape index (κ2) is 9.15. The largest absolute Gasteiger partial charge is 0.489 e. The van der Waals surface area contributed by atoms with Crippen molar-refractivity contribution >= 4 is 39.6 Å². The molecule has 160 valence electrons. The molecule has 0 saturated carbocycles. The highest BCUT2D eigenvalue weighted by atomic mass is 79.9. The van der Waals surface area contributed by atoms with Crippen molar-refractivity contribution in [3.05, 3.63) is 109 Å². The number of nitro benzene ring substituents is 1. The van der Waals surface area contributed by atoms with Gasteiger partial charge in [0.25, 0.3) is 5.69 Å². The summed E-state index contributed by atoms with van der Waals surface area (Å²) in [5, 5.41) is 11.2. The number of nitro groups is 1. The highest BCUT2D eigenvalue weighted by molar-refractivity contribution is 9.10. The standard InChI is InChI=1S/C24H17BrN2O5/c1-15-5-8-18(13-22(15)27(29)30)23-26-21(24(28)32-23)12-17-3-2-4-20(11-17)31-14-16-6-9-19(25)10-7-16/h2-13H,14H2,1H3/b21-12-. The number of hydrogen-bond donors (Lipinski definition) is 0. The zero-order chi connectivity index (χ0) is 22.7. The summed E-state index contributed by atoms with van der Waals surface area (Å²) in [6.45, 7) is 2.05. The van der Waals surface area contributed by atoms with Gasteiger partial charge < -0.3 is 9.47 Å². The molecule has 0 spiro atoms. The van der Waals surface area contributed by atoms with Gasteiger partial charge >= 0.3 is 5.97 Å². The second-order valence-corrected chi connectivity index (χ2v) is 8.00. The van der Waals surface area contributed by atoms with Crippen molar-refractivity contribution in [2.45, 2.75) is 13.5 Å². The molecule has 0 radical (unpaired) electrons. The lowest BCUT2D eigenvalue weighted by atomic mass is 10.1. The Balaban J connectivity index is 1.53. The zero-order valence-corrected chi connectivity index (χ0v) is 18.5. The number of hydrogen-bond acceptors (Lipinski definition) is 6. The lowest BCUT2D eigenvalue weighted by Crippen LogP contribution is -2.06. The van der Waals surface area contributed by atoms with Crippen molar-refractivity contribution in [1.29, 1.82) is 0 Å². The molecule has 1 heterocycles. The Morgan fingerprint density at radius 3 is 2.66 bits per heavy atom. The van der Waals surface area contributed by atoms with E-state index in [4.69, 9.17) is 9.47 Å². The molecule has 0 aromatic heterocycles. The van der Waals surface area contributed by atoms with Crippen molar-refractivity contribution < 1.29 is 19.2 Å². The molecule has 0 amide bonds. The van der Waals surface area contributed by atoms with E-state index in [0.29, 0.717) is 29.0 Å². The van der Waals surface area contributed by atoms with Gasteiger partial charge in [0.15, 0.2) is 5.70 Å². The van der Waals surface area contributed by atoms with E-state index >= 15 is 0 Å². The summed E-state index contributed by atoms with van der Waals surface area (Å²) >= 11 is 3.40. The lowest BCUT2D eigenvalue weighted by molar-refractivity contribution is -0.385. The van der Waals surface area contributed by atoms with Crippen LogP contribution in [0.25, 0.3) is 6.08 Å². The first-order chi connectivity index (χ1) is 15.4. The fourth-order valence-corrected chi connectivity index (χ4v) is 3.34. The lowest BCUT2D eigenvalue weighted by Gasteiger charge is -2.07. The van der Waals surface area contributed by atoms with Crippen LogP contribution in [0.15, 0.2) is 81.9 Å². The van der Waals surface area contributed by atoms with Crippen molar-refractivity contribution in [2.75, 3.05) is 0 Å². The summed E-state index contributed by atoms with van der Waals surface area (Å²) < 4.78 is 12.1. The highest BCUT2D eigenvalue weighted by Crippen LogP contribution is 2.25. The predicted octanol–water partition coefficient (Wildman–Crippen LogP) is 5.59. The van der Waals surface area contributed by atoms with Gasteiger partial charge in [0.05, 0.1) is 4.92 Å². The number of rotatable bonds is 6. The van der Waals surface area contributed by atoms with Crippen LogP contribution in [0, 0.1) is 17.0 Å². The Morgan fingerprint density at radius 1 is 1.12 bits per heavy atom. The quantitative estimate of drug-likeness (QED) is 0.193. The van der Waals surface area contributed by atoms with Gasteiger partial charge in [-0.05, 0) is 54.5 Å². The molecule has 0 fully saturated rings. The molecule has 0 aliphatic carbocycles. The van der Waals surface area contributed by atoms with Crippen molar-refractivity contribution in [2.24, 2.45) is 4.99 Å². The van der Waals surface area contributed by atoms with E-state index in [1.807, 2.05) is 42.5 Å². The third-order valence-electron chi connectivity index (χ3n) is 4.75. The van der Waals surface area contributed by atoms with Crippen LogP contribution in [-0.2, 0) is 16.1 Å². The Labute approximate surface area is 192 Å². The van der Waals surface area contributed by atoms with Gasteiger partial charge in [0, 0.05) is 21.7 Å². The fourth-order valence-electron chi connectivity index (χ4n) is 3.07. The smallest absolute Gasteiger partial charge is 0.363 e. The number of carbonyl (C=O) groups excluding carboxylic acids is 1. The molecule has 3 aromatic rings. The molecule has 0 N–H and O–H groups in total. The van der Waals surface area contributed by atoms with E-state index in [2.05, 4.69) is 20.9 Å². The van der Waals surface area contributed by atoms with Crippen LogP contribution in [0.4, 0.5) is 5.69 Å². The highest BCUT2D eigenvalue weighted by Gasteiger charge is 2.25. The molecule has 8 heteroatoms. The van der Waals surface area contributed by atoms with Gasteiger partial charge in [-0.2, -0.15) is 0 Å². The number of ether oxygens (including phenoxy) is 2. The average Bonchev–Trinajstić information content (AvgIpc) is 3.14. The van der Waals surface area contributed by atoms with E-state index in [1.165, 1.54) is 6.07 Å². The van der Waals surface area contributed by atoms with E-state index in [0.717, 1.165) is 10.0 Å². The van der Waals surface area contributed by atoms with Gasteiger partial charge in [0.2, 0.25) is 5.90 Å². The van der Waals surface area contributed by atoms with Crippen LogP contribution in [0.5, 0.6) is 5.75 Å². The molecule has 0 unspecified atom stereocenters. The number of halogens is 1. The van der Waals surface area contributed by atoms with Crippen molar-refractivity contribution in [3.8, 4) is 5.75 Å². The number of aliphatic imine (C=N–C) groups is 1. The minimum absolute atomic E-state index is 0.0343.